The lowest BCUT2D eigenvalue weighted by Crippen LogP contribution is -2.02. The molecule has 2 rings (SSSR count). The van der Waals surface area contributed by atoms with Crippen LogP contribution in [0.25, 0.3) is 0 Å². The van der Waals surface area contributed by atoms with Crippen LogP contribution >= 0.6 is 15.9 Å². The minimum atomic E-state index is 0.529. The monoisotopic (exact) mass is 266 g/mol. The lowest BCUT2D eigenvalue weighted by atomic mass is 10.2. The molecule has 78 valence electrons. The van der Waals surface area contributed by atoms with Crippen molar-refractivity contribution in [2.45, 2.75) is 13.0 Å². The molecule has 15 heavy (non-hydrogen) atoms. The average molecular weight is 267 g/mol. The highest BCUT2D eigenvalue weighted by atomic mass is 79.9. The predicted molar refractivity (Wildman–Crippen MR) is 62.3 cm³/mol. The molecule has 0 amide bonds. The van der Waals surface area contributed by atoms with Crippen LogP contribution in [0.4, 0.5) is 5.82 Å². The quantitative estimate of drug-likeness (QED) is 0.923. The van der Waals surface area contributed by atoms with E-state index in [1.165, 1.54) is 5.56 Å². The predicted octanol–water partition coefficient (Wildman–Crippen LogP) is 1.87. The van der Waals surface area contributed by atoms with Crippen LogP contribution in [0.5, 0.6) is 0 Å². The third-order valence-corrected chi connectivity index (χ3v) is 2.71. The van der Waals surface area contributed by atoms with Crippen molar-refractivity contribution >= 4 is 21.7 Å². The summed E-state index contributed by atoms with van der Waals surface area (Å²) in [6.07, 6.45) is 6.42. The fourth-order valence-corrected chi connectivity index (χ4v) is 1.63. The standard InChI is InChI=1S/C10H11BrN4/c11-9-7-15(14-10(9)12)5-3-8-2-1-4-13-6-8/h1-2,4,6-7H,3,5H2,(H2,12,14). The lowest BCUT2D eigenvalue weighted by molar-refractivity contribution is 0.616. The van der Waals surface area contributed by atoms with Crippen molar-refractivity contribution in [2.75, 3.05) is 5.73 Å². The van der Waals surface area contributed by atoms with Crippen molar-refractivity contribution in [3.8, 4) is 0 Å². The number of rotatable bonds is 3. The SMILES string of the molecule is Nc1nn(CCc2cccnc2)cc1Br. The van der Waals surface area contributed by atoms with Gasteiger partial charge in [0.2, 0.25) is 0 Å². The molecule has 0 fully saturated rings. The van der Waals surface area contributed by atoms with E-state index in [2.05, 4.69) is 32.1 Å². The fourth-order valence-electron chi connectivity index (χ4n) is 1.32. The zero-order chi connectivity index (χ0) is 10.7. The highest BCUT2D eigenvalue weighted by Crippen LogP contribution is 2.16. The summed E-state index contributed by atoms with van der Waals surface area (Å²) in [4.78, 5) is 4.06. The topological polar surface area (TPSA) is 56.7 Å². The highest BCUT2D eigenvalue weighted by molar-refractivity contribution is 9.10. The van der Waals surface area contributed by atoms with Crippen LogP contribution in [-0.2, 0) is 13.0 Å². The first kappa shape index (κ1) is 10.2. The third-order valence-electron chi connectivity index (χ3n) is 2.10. The number of aryl methyl sites for hydroxylation is 2. The smallest absolute Gasteiger partial charge is 0.159 e. The lowest BCUT2D eigenvalue weighted by Gasteiger charge is -2.00. The molecular weight excluding hydrogens is 256 g/mol. The number of hydrogen-bond donors (Lipinski definition) is 1. The highest BCUT2D eigenvalue weighted by Gasteiger charge is 2.01. The molecule has 0 atom stereocenters. The Hall–Kier alpha value is -1.36. The first-order valence-corrected chi connectivity index (χ1v) is 5.42. The number of halogens is 1. The van der Waals surface area contributed by atoms with Gasteiger partial charge in [-0.3, -0.25) is 9.67 Å². The zero-order valence-electron chi connectivity index (χ0n) is 8.10. The van der Waals surface area contributed by atoms with Crippen LogP contribution in [0.2, 0.25) is 0 Å². The van der Waals surface area contributed by atoms with Gasteiger partial charge in [0.05, 0.1) is 4.47 Å². The van der Waals surface area contributed by atoms with E-state index in [-0.39, 0.29) is 0 Å². The summed E-state index contributed by atoms with van der Waals surface area (Å²) in [6, 6.07) is 3.98. The molecule has 2 N–H and O–H groups in total. The van der Waals surface area contributed by atoms with Gasteiger partial charge in [0.25, 0.3) is 0 Å². The third kappa shape index (κ3) is 2.56. The van der Waals surface area contributed by atoms with Crippen molar-refractivity contribution < 1.29 is 0 Å². The molecule has 0 aliphatic rings. The van der Waals surface area contributed by atoms with E-state index in [9.17, 15) is 0 Å². The summed E-state index contributed by atoms with van der Waals surface area (Å²) >= 11 is 3.32. The molecule has 5 heteroatoms. The summed E-state index contributed by atoms with van der Waals surface area (Å²) < 4.78 is 2.67. The van der Waals surface area contributed by atoms with Crippen molar-refractivity contribution in [3.63, 3.8) is 0 Å². The van der Waals surface area contributed by atoms with Crippen molar-refractivity contribution in [2.24, 2.45) is 0 Å². The van der Waals surface area contributed by atoms with E-state index in [4.69, 9.17) is 5.73 Å². The first-order chi connectivity index (χ1) is 7.25. The number of nitrogens with zero attached hydrogens (tertiary/aromatic N) is 3. The van der Waals surface area contributed by atoms with E-state index in [1.807, 2.05) is 23.1 Å². The molecule has 0 bridgehead atoms. The molecule has 0 radical (unpaired) electrons. The number of nitrogen functional groups attached to an aromatic ring is 1. The van der Waals surface area contributed by atoms with Crippen molar-refractivity contribution in [3.05, 3.63) is 40.8 Å². The van der Waals surface area contributed by atoms with Gasteiger partial charge in [0.15, 0.2) is 5.82 Å². The molecule has 0 aromatic carbocycles. The molecule has 0 spiro atoms. The molecule has 0 aliphatic carbocycles. The number of nitrogens with two attached hydrogens (primary N) is 1. The Labute approximate surface area is 96.3 Å². The van der Waals surface area contributed by atoms with Gasteiger partial charge < -0.3 is 5.73 Å². The van der Waals surface area contributed by atoms with Gasteiger partial charge in [-0.2, -0.15) is 5.10 Å². The molecule has 4 nitrogen and oxygen atoms in total. The Morgan fingerprint density at radius 2 is 2.33 bits per heavy atom. The Kier molecular flexibility index (Phi) is 3.01. The van der Waals surface area contributed by atoms with Gasteiger partial charge >= 0.3 is 0 Å². The Morgan fingerprint density at radius 3 is 2.93 bits per heavy atom. The van der Waals surface area contributed by atoms with Gasteiger partial charge in [-0.15, -0.1) is 0 Å². The van der Waals surface area contributed by atoms with Crippen LogP contribution in [0.1, 0.15) is 5.56 Å². The number of anilines is 1. The van der Waals surface area contributed by atoms with Crippen LogP contribution in [0, 0.1) is 0 Å². The number of hydrogen-bond acceptors (Lipinski definition) is 3. The van der Waals surface area contributed by atoms with E-state index < -0.39 is 0 Å². The molecule has 0 unspecified atom stereocenters. The van der Waals surface area contributed by atoms with Gasteiger partial charge in [-0.25, -0.2) is 0 Å². The zero-order valence-corrected chi connectivity index (χ0v) is 9.68. The molecule has 2 heterocycles. The van der Waals surface area contributed by atoms with E-state index in [0.717, 1.165) is 17.4 Å². The van der Waals surface area contributed by atoms with Crippen LogP contribution in [0.15, 0.2) is 35.2 Å². The summed E-state index contributed by atoms with van der Waals surface area (Å²) in [6.45, 7) is 0.807. The van der Waals surface area contributed by atoms with Gasteiger partial charge in [-0.05, 0) is 34.0 Å². The maximum absolute atomic E-state index is 5.62. The molecule has 0 saturated heterocycles. The number of aromatic nitrogens is 3. The minimum absolute atomic E-state index is 0.529. The molecular formula is C10H11BrN4. The van der Waals surface area contributed by atoms with Gasteiger partial charge in [-0.1, -0.05) is 6.07 Å². The van der Waals surface area contributed by atoms with E-state index in [1.54, 1.807) is 6.20 Å². The van der Waals surface area contributed by atoms with Crippen LogP contribution in [0.3, 0.4) is 0 Å². The maximum atomic E-state index is 5.62. The summed E-state index contributed by atoms with van der Waals surface area (Å²) in [5, 5.41) is 4.15. The molecule has 0 saturated carbocycles. The van der Waals surface area contributed by atoms with Crippen molar-refractivity contribution in [1.29, 1.82) is 0 Å². The maximum Gasteiger partial charge on any atom is 0.159 e. The normalized spacial score (nSPS) is 10.5. The Bertz CT molecular complexity index is 418. The molecule has 0 aliphatic heterocycles. The Balaban J connectivity index is 1.99. The molecule has 2 aromatic heterocycles. The second-order valence-corrected chi connectivity index (χ2v) is 4.09. The van der Waals surface area contributed by atoms with Crippen molar-refractivity contribution in [1.82, 2.24) is 14.8 Å². The summed E-state index contributed by atoms with van der Waals surface area (Å²) in [5.41, 5.74) is 6.82. The van der Waals surface area contributed by atoms with E-state index in [0.29, 0.717) is 5.82 Å². The fraction of sp³-hybridized carbons (Fsp3) is 0.200. The molecule has 2 aromatic rings. The number of pyridine rings is 1. The van der Waals surface area contributed by atoms with E-state index >= 15 is 0 Å². The first-order valence-electron chi connectivity index (χ1n) is 4.63. The second kappa shape index (κ2) is 4.44. The van der Waals surface area contributed by atoms with Crippen LogP contribution in [-0.4, -0.2) is 14.8 Å². The Morgan fingerprint density at radius 1 is 1.47 bits per heavy atom. The van der Waals surface area contributed by atoms with Crippen LogP contribution < -0.4 is 5.73 Å². The average Bonchev–Trinajstić information content (AvgIpc) is 2.57. The second-order valence-electron chi connectivity index (χ2n) is 3.24. The van der Waals surface area contributed by atoms with Gasteiger partial charge in [0, 0.05) is 25.1 Å². The summed E-state index contributed by atoms with van der Waals surface area (Å²) in [5.74, 6) is 0.529. The minimum Gasteiger partial charge on any atom is -0.381 e. The van der Waals surface area contributed by atoms with Gasteiger partial charge in [0.1, 0.15) is 0 Å². The summed E-state index contributed by atoms with van der Waals surface area (Å²) in [7, 11) is 0. The largest absolute Gasteiger partial charge is 0.381 e.